The van der Waals surface area contributed by atoms with E-state index in [4.69, 9.17) is 10.2 Å². The highest BCUT2D eigenvalue weighted by Crippen LogP contribution is 2.41. The maximum Gasteiger partial charge on any atom is 0.328 e. The topological polar surface area (TPSA) is 86.6 Å². The Bertz CT molecular complexity index is 687. The molecule has 0 heterocycles. The van der Waals surface area contributed by atoms with Crippen molar-refractivity contribution in [3.05, 3.63) is 48.0 Å². The van der Waals surface area contributed by atoms with E-state index >= 15 is 0 Å². The van der Waals surface area contributed by atoms with Crippen molar-refractivity contribution in [3.63, 3.8) is 0 Å². The standard InChI is InChI=1S/C25H41N.C4H4O4/c1-21(17-18-22-11-5-2-6-12-22)26-20-19-25(23-13-7-3-8-14-23)24-15-9-4-10-16-24;5-3(6)1-2-4(7)8/h2,5-6,11-12,21,23-26H,3-4,7-10,13-20H2,1H3;1-2H,(H,5,6)(H,7,8)/b;2-1-. The third-order valence-electron chi connectivity index (χ3n) is 7.56. The Morgan fingerprint density at radius 3 is 1.82 bits per heavy atom. The minimum atomic E-state index is -1.26. The molecule has 0 bridgehead atoms. The molecule has 0 spiro atoms. The highest BCUT2D eigenvalue weighted by atomic mass is 16.4. The summed E-state index contributed by atoms with van der Waals surface area (Å²) in [6, 6.07) is 11.6. The van der Waals surface area contributed by atoms with Crippen LogP contribution in [-0.4, -0.2) is 34.7 Å². The first-order chi connectivity index (χ1) is 16.5. The number of hydrogen-bond donors (Lipinski definition) is 3. The molecule has 1 aromatic rings. The number of carbonyl (C=O) groups is 2. The maximum atomic E-state index is 9.55. The van der Waals surface area contributed by atoms with Gasteiger partial charge >= 0.3 is 11.9 Å². The van der Waals surface area contributed by atoms with E-state index in [1.165, 1.54) is 95.6 Å². The van der Waals surface area contributed by atoms with E-state index in [2.05, 4.69) is 42.6 Å². The number of carboxylic acid groups (broad SMARTS) is 2. The Kier molecular flexibility index (Phi) is 13.6. The zero-order chi connectivity index (χ0) is 24.6. The molecule has 0 aliphatic heterocycles. The lowest BCUT2D eigenvalue weighted by molar-refractivity contribution is -0.134. The van der Waals surface area contributed by atoms with E-state index in [0.29, 0.717) is 18.2 Å². The average molecular weight is 472 g/mol. The van der Waals surface area contributed by atoms with Crippen LogP contribution in [0.3, 0.4) is 0 Å². The van der Waals surface area contributed by atoms with Crippen LogP contribution >= 0.6 is 0 Å². The lowest BCUT2D eigenvalue weighted by Crippen LogP contribution is -2.33. The summed E-state index contributed by atoms with van der Waals surface area (Å²) in [6.07, 6.45) is 20.0. The highest BCUT2D eigenvalue weighted by molar-refractivity contribution is 5.89. The summed E-state index contributed by atoms with van der Waals surface area (Å²) in [5.74, 6) is 0.561. The predicted octanol–water partition coefficient (Wildman–Crippen LogP) is 6.48. The number of benzene rings is 1. The fraction of sp³-hybridized carbons (Fsp3) is 0.655. The number of aliphatic carboxylic acids is 2. The lowest BCUT2D eigenvalue weighted by Gasteiger charge is -2.38. The van der Waals surface area contributed by atoms with Crippen molar-refractivity contribution in [2.45, 2.75) is 96.4 Å². The van der Waals surface area contributed by atoms with E-state index < -0.39 is 11.9 Å². The fourth-order valence-corrected chi connectivity index (χ4v) is 5.75. The van der Waals surface area contributed by atoms with Crippen molar-refractivity contribution in [2.24, 2.45) is 17.8 Å². The van der Waals surface area contributed by atoms with Gasteiger partial charge in [0.1, 0.15) is 0 Å². The summed E-state index contributed by atoms with van der Waals surface area (Å²) in [6.45, 7) is 3.60. The molecule has 3 N–H and O–H groups in total. The van der Waals surface area contributed by atoms with Crippen molar-refractivity contribution >= 4 is 11.9 Å². The smallest absolute Gasteiger partial charge is 0.328 e. The first-order valence-electron chi connectivity index (χ1n) is 13.4. The van der Waals surface area contributed by atoms with Crippen LogP contribution in [0.4, 0.5) is 0 Å². The molecule has 5 heteroatoms. The van der Waals surface area contributed by atoms with Crippen LogP contribution in [0.1, 0.15) is 89.5 Å². The Hall–Kier alpha value is -2.14. The van der Waals surface area contributed by atoms with Gasteiger partial charge in [-0.15, -0.1) is 0 Å². The molecule has 2 fully saturated rings. The monoisotopic (exact) mass is 471 g/mol. The second kappa shape index (κ2) is 16.5. The second-order valence-corrected chi connectivity index (χ2v) is 10.1. The Balaban J connectivity index is 0.000000440. The summed E-state index contributed by atoms with van der Waals surface area (Å²) in [5.41, 5.74) is 1.48. The summed E-state index contributed by atoms with van der Waals surface area (Å²) in [4.78, 5) is 19.1. The van der Waals surface area contributed by atoms with Crippen molar-refractivity contribution in [3.8, 4) is 0 Å². The van der Waals surface area contributed by atoms with Gasteiger partial charge < -0.3 is 15.5 Å². The van der Waals surface area contributed by atoms with Crippen LogP contribution in [0, 0.1) is 17.8 Å². The molecule has 0 aromatic heterocycles. The number of aryl methyl sites for hydroxylation is 1. The van der Waals surface area contributed by atoms with E-state index in [0.717, 1.165) is 17.8 Å². The van der Waals surface area contributed by atoms with Crippen LogP contribution in [0.15, 0.2) is 42.5 Å². The van der Waals surface area contributed by atoms with E-state index in [9.17, 15) is 9.59 Å². The first kappa shape index (κ1) is 28.1. The van der Waals surface area contributed by atoms with Gasteiger partial charge in [-0.05, 0) is 56.0 Å². The minimum Gasteiger partial charge on any atom is -0.478 e. The summed E-state index contributed by atoms with van der Waals surface area (Å²) >= 11 is 0. The van der Waals surface area contributed by atoms with Gasteiger partial charge in [-0.1, -0.05) is 94.5 Å². The SMILES string of the molecule is CC(CCc1ccccc1)NCCC(C1CCCCC1)C1CCCCC1.O=C(O)/C=C\C(=O)O. The maximum absolute atomic E-state index is 9.55. The zero-order valence-corrected chi connectivity index (χ0v) is 21.0. The molecular formula is C29H45NO4. The number of hydrogen-bond acceptors (Lipinski definition) is 3. The highest BCUT2D eigenvalue weighted by Gasteiger charge is 2.30. The van der Waals surface area contributed by atoms with Crippen molar-refractivity contribution < 1.29 is 19.8 Å². The molecule has 2 aliphatic rings. The minimum absolute atomic E-state index is 0.558. The molecule has 1 aromatic carbocycles. The van der Waals surface area contributed by atoms with Crippen LogP contribution < -0.4 is 5.32 Å². The quantitative estimate of drug-likeness (QED) is 0.322. The van der Waals surface area contributed by atoms with Crippen molar-refractivity contribution in [1.29, 1.82) is 0 Å². The lowest BCUT2D eigenvalue weighted by atomic mass is 9.68. The van der Waals surface area contributed by atoms with Crippen LogP contribution in [0.2, 0.25) is 0 Å². The second-order valence-electron chi connectivity index (χ2n) is 10.1. The van der Waals surface area contributed by atoms with Gasteiger partial charge in [0, 0.05) is 18.2 Å². The van der Waals surface area contributed by atoms with Gasteiger partial charge in [0.25, 0.3) is 0 Å². The molecule has 1 atom stereocenters. The van der Waals surface area contributed by atoms with Gasteiger partial charge in [-0.3, -0.25) is 0 Å². The number of carboxylic acids is 2. The molecule has 2 saturated carbocycles. The molecule has 3 rings (SSSR count). The Morgan fingerprint density at radius 1 is 0.853 bits per heavy atom. The Morgan fingerprint density at radius 2 is 1.35 bits per heavy atom. The van der Waals surface area contributed by atoms with Crippen LogP contribution in [0.25, 0.3) is 0 Å². The largest absolute Gasteiger partial charge is 0.478 e. The molecule has 0 amide bonds. The Labute approximate surface area is 206 Å². The van der Waals surface area contributed by atoms with Crippen molar-refractivity contribution in [1.82, 2.24) is 5.32 Å². The third-order valence-corrected chi connectivity index (χ3v) is 7.56. The van der Waals surface area contributed by atoms with E-state index in [1.807, 2.05) is 0 Å². The molecule has 0 saturated heterocycles. The molecular weight excluding hydrogens is 426 g/mol. The van der Waals surface area contributed by atoms with Crippen LogP contribution in [0.5, 0.6) is 0 Å². The number of rotatable bonds is 11. The molecule has 5 nitrogen and oxygen atoms in total. The molecule has 1 unspecified atom stereocenters. The molecule has 0 radical (unpaired) electrons. The van der Waals surface area contributed by atoms with Gasteiger partial charge in [-0.2, -0.15) is 0 Å². The number of nitrogens with one attached hydrogen (secondary N) is 1. The normalized spacial score (nSPS) is 18.4. The van der Waals surface area contributed by atoms with Crippen LogP contribution in [-0.2, 0) is 16.0 Å². The summed E-state index contributed by atoms with van der Waals surface area (Å²) in [5, 5.41) is 19.5. The van der Waals surface area contributed by atoms with E-state index in [-0.39, 0.29) is 0 Å². The molecule has 2 aliphatic carbocycles. The predicted molar refractivity (Wildman–Crippen MR) is 138 cm³/mol. The van der Waals surface area contributed by atoms with Gasteiger partial charge in [-0.25, -0.2) is 9.59 Å². The van der Waals surface area contributed by atoms with Crippen molar-refractivity contribution in [2.75, 3.05) is 6.54 Å². The van der Waals surface area contributed by atoms with Gasteiger partial charge in [0.15, 0.2) is 0 Å². The van der Waals surface area contributed by atoms with Gasteiger partial charge in [0.05, 0.1) is 0 Å². The summed E-state index contributed by atoms with van der Waals surface area (Å²) < 4.78 is 0. The average Bonchev–Trinajstić information content (AvgIpc) is 2.86. The van der Waals surface area contributed by atoms with Gasteiger partial charge in [0.2, 0.25) is 0 Å². The first-order valence-corrected chi connectivity index (χ1v) is 13.4. The summed E-state index contributed by atoms with van der Waals surface area (Å²) in [7, 11) is 0. The molecule has 34 heavy (non-hydrogen) atoms. The fourth-order valence-electron chi connectivity index (χ4n) is 5.75. The zero-order valence-electron chi connectivity index (χ0n) is 21.0. The third kappa shape index (κ3) is 11.8. The molecule has 190 valence electrons. The van der Waals surface area contributed by atoms with E-state index in [1.54, 1.807) is 0 Å².